The first-order valence-electron chi connectivity index (χ1n) is 5.07. The first-order chi connectivity index (χ1) is 6.59. The molecule has 0 saturated heterocycles. The Morgan fingerprint density at radius 2 is 2.07 bits per heavy atom. The summed E-state index contributed by atoms with van der Waals surface area (Å²) >= 11 is 0. The number of hydrogen-bond donors (Lipinski definition) is 2. The van der Waals surface area contributed by atoms with Gasteiger partial charge >= 0.3 is 0 Å². The maximum Gasteiger partial charge on any atom is 0.0636 e. The molecule has 2 heteroatoms. The summed E-state index contributed by atoms with van der Waals surface area (Å²) in [5.41, 5.74) is 2.54. The molecule has 2 nitrogen and oxygen atoms in total. The van der Waals surface area contributed by atoms with Crippen molar-refractivity contribution in [2.24, 2.45) is 0 Å². The third kappa shape index (κ3) is 3.48. The van der Waals surface area contributed by atoms with Gasteiger partial charge in [0.15, 0.2) is 0 Å². The molecule has 2 atom stereocenters. The monoisotopic (exact) mass is 193 g/mol. The summed E-state index contributed by atoms with van der Waals surface area (Å²) in [6, 6.07) is 8.72. The zero-order chi connectivity index (χ0) is 10.6. The predicted octanol–water partition coefficient (Wildman–Crippen LogP) is 2.03. The fraction of sp³-hybridized carbons (Fsp3) is 0.500. The Balaban J connectivity index is 2.56. The highest BCUT2D eigenvalue weighted by molar-refractivity contribution is 5.24. The van der Waals surface area contributed by atoms with Gasteiger partial charge in [-0.05, 0) is 26.3 Å². The number of benzene rings is 1. The van der Waals surface area contributed by atoms with E-state index in [1.807, 2.05) is 0 Å². The van der Waals surface area contributed by atoms with E-state index in [2.05, 4.69) is 43.4 Å². The molecule has 0 heterocycles. The van der Waals surface area contributed by atoms with Crippen LogP contribution in [0.1, 0.15) is 31.0 Å². The standard InChI is InChI=1S/C12H19NO/c1-9-5-4-6-12(7-9)11(3)13-8-10(2)14/h4-7,10-11,13-14H,8H2,1-3H3/t10-,11-/m0/s1. The maximum atomic E-state index is 9.14. The normalized spacial score (nSPS) is 15.1. The Labute approximate surface area is 86.0 Å². The molecule has 1 rings (SSSR count). The van der Waals surface area contributed by atoms with Crippen LogP contribution in [-0.2, 0) is 0 Å². The summed E-state index contributed by atoms with van der Waals surface area (Å²) in [7, 11) is 0. The van der Waals surface area contributed by atoms with Crippen LogP contribution >= 0.6 is 0 Å². The van der Waals surface area contributed by atoms with Crippen molar-refractivity contribution in [3.05, 3.63) is 35.4 Å². The van der Waals surface area contributed by atoms with Crippen molar-refractivity contribution in [2.75, 3.05) is 6.54 Å². The summed E-state index contributed by atoms with van der Waals surface area (Å²) in [5, 5.41) is 12.4. The average Bonchev–Trinajstić information content (AvgIpc) is 2.14. The zero-order valence-electron chi connectivity index (χ0n) is 9.12. The minimum absolute atomic E-state index is 0.290. The van der Waals surface area contributed by atoms with Gasteiger partial charge in [0.25, 0.3) is 0 Å². The number of nitrogens with one attached hydrogen (secondary N) is 1. The molecule has 0 spiro atoms. The fourth-order valence-electron chi connectivity index (χ4n) is 1.40. The molecule has 0 amide bonds. The average molecular weight is 193 g/mol. The van der Waals surface area contributed by atoms with Gasteiger partial charge in [-0.1, -0.05) is 29.8 Å². The molecule has 2 N–H and O–H groups in total. The lowest BCUT2D eigenvalue weighted by Gasteiger charge is -2.15. The van der Waals surface area contributed by atoms with Crippen LogP contribution in [0.5, 0.6) is 0 Å². The van der Waals surface area contributed by atoms with E-state index < -0.39 is 0 Å². The van der Waals surface area contributed by atoms with Gasteiger partial charge in [0.05, 0.1) is 6.10 Å². The van der Waals surface area contributed by atoms with Crippen molar-refractivity contribution in [1.29, 1.82) is 0 Å². The van der Waals surface area contributed by atoms with Crippen LogP contribution in [0, 0.1) is 6.92 Å². The minimum Gasteiger partial charge on any atom is -0.392 e. The van der Waals surface area contributed by atoms with Gasteiger partial charge in [0.2, 0.25) is 0 Å². The van der Waals surface area contributed by atoms with Crippen LogP contribution in [-0.4, -0.2) is 17.8 Å². The molecule has 14 heavy (non-hydrogen) atoms. The van der Waals surface area contributed by atoms with Gasteiger partial charge in [0.1, 0.15) is 0 Å². The second kappa shape index (κ2) is 5.13. The maximum absolute atomic E-state index is 9.14. The summed E-state index contributed by atoms with van der Waals surface area (Å²) in [6.07, 6.45) is -0.290. The summed E-state index contributed by atoms with van der Waals surface area (Å²) < 4.78 is 0. The number of aliphatic hydroxyl groups excluding tert-OH is 1. The molecule has 1 aromatic rings. The first-order valence-corrected chi connectivity index (χ1v) is 5.07. The van der Waals surface area contributed by atoms with Crippen molar-refractivity contribution >= 4 is 0 Å². The Morgan fingerprint density at radius 3 is 2.64 bits per heavy atom. The lowest BCUT2D eigenvalue weighted by atomic mass is 10.1. The van der Waals surface area contributed by atoms with Gasteiger partial charge < -0.3 is 10.4 Å². The predicted molar refractivity (Wildman–Crippen MR) is 59.3 cm³/mol. The molecular weight excluding hydrogens is 174 g/mol. The molecule has 0 fully saturated rings. The highest BCUT2D eigenvalue weighted by atomic mass is 16.3. The van der Waals surface area contributed by atoms with E-state index in [1.165, 1.54) is 11.1 Å². The second-order valence-corrected chi connectivity index (χ2v) is 3.89. The summed E-state index contributed by atoms with van der Waals surface area (Å²) in [6.45, 7) is 6.62. The molecule has 0 aliphatic carbocycles. The van der Waals surface area contributed by atoms with Crippen LogP contribution in [0.2, 0.25) is 0 Å². The van der Waals surface area contributed by atoms with Crippen molar-refractivity contribution in [1.82, 2.24) is 5.32 Å². The lowest BCUT2D eigenvalue weighted by molar-refractivity contribution is 0.187. The fourth-order valence-corrected chi connectivity index (χ4v) is 1.40. The Kier molecular flexibility index (Phi) is 4.11. The van der Waals surface area contributed by atoms with Gasteiger partial charge in [-0.25, -0.2) is 0 Å². The first kappa shape index (κ1) is 11.2. The molecule has 0 aliphatic rings. The smallest absolute Gasteiger partial charge is 0.0636 e. The van der Waals surface area contributed by atoms with E-state index in [4.69, 9.17) is 5.11 Å². The highest BCUT2D eigenvalue weighted by Crippen LogP contribution is 2.13. The second-order valence-electron chi connectivity index (χ2n) is 3.89. The van der Waals surface area contributed by atoms with Crippen LogP contribution in [0.25, 0.3) is 0 Å². The summed E-state index contributed by atoms with van der Waals surface area (Å²) in [4.78, 5) is 0. The molecule has 0 aliphatic heterocycles. The number of rotatable bonds is 4. The minimum atomic E-state index is -0.290. The third-order valence-electron chi connectivity index (χ3n) is 2.26. The quantitative estimate of drug-likeness (QED) is 0.767. The van der Waals surface area contributed by atoms with Gasteiger partial charge in [-0.3, -0.25) is 0 Å². The van der Waals surface area contributed by atoms with Crippen molar-refractivity contribution < 1.29 is 5.11 Å². The molecule has 0 bridgehead atoms. The van der Waals surface area contributed by atoms with E-state index in [0.29, 0.717) is 12.6 Å². The van der Waals surface area contributed by atoms with Gasteiger partial charge in [0, 0.05) is 12.6 Å². The van der Waals surface area contributed by atoms with E-state index in [-0.39, 0.29) is 6.10 Å². The largest absolute Gasteiger partial charge is 0.392 e. The third-order valence-corrected chi connectivity index (χ3v) is 2.26. The molecule has 78 valence electrons. The Morgan fingerprint density at radius 1 is 1.36 bits per heavy atom. The van der Waals surface area contributed by atoms with E-state index in [0.717, 1.165) is 0 Å². The Bertz CT molecular complexity index is 283. The SMILES string of the molecule is Cc1cccc([C@H](C)NC[C@H](C)O)c1. The van der Waals surface area contributed by atoms with E-state index in [1.54, 1.807) is 6.92 Å². The Hall–Kier alpha value is -0.860. The van der Waals surface area contributed by atoms with Gasteiger partial charge in [-0.15, -0.1) is 0 Å². The lowest BCUT2D eigenvalue weighted by Crippen LogP contribution is -2.27. The zero-order valence-corrected chi connectivity index (χ0v) is 9.12. The van der Waals surface area contributed by atoms with Gasteiger partial charge in [-0.2, -0.15) is 0 Å². The van der Waals surface area contributed by atoms with Crippen LogP contribution in [0.15, 0.2) is 24.3 Å². The number of aliphatic hydroxyl groups is 1. The summed E-state index contributed by atoms with van der Waals surface area (Å²) in [5.74, 6) is 0. The van der Waals surface area contributed by atoms with Crippen LogP contribution in [0.4, 0.5) is 0 Å². The topological polar surface area (TPSA) is 32.3 Å². The van der Waals surface area contributed by atoms with Crippen LogP contribution < -0.4 is 5.32 Å². The molecule has 0 aromatic heterocycles. The molecule has 1 aromatic carbocycles. The number of hydrogen-bond acceptors (Lipinski definition) is 2. The van der Waals surface area contributed by atoms with E-state index >= 15 is 0 Å². The van der Waals surface area contributed by atoms with E-state index in [9.17, 15) is 0 Å². The molecular formula is C12H19NO. The highest BCUT2D eigenvalue weighted by Gasteiger charge is 2.05. The van der Waals surface area contributed by atoms with Crippen molar-refractivity contribution in [2.45, 2.75) is 32.9 Å². The van der Waals surface area contributed by atoms with Crippen molar-refractivity contribution in [3.63, 3.8) is 0 Å². The van der Waals surface area contributed by atoms with Crippen LogP contribution in [0.3, 0.4) is 0 Å². The molecule has 0 unspecified atom stereocenters. The molecule has 0 radical (unpaired) electrons. The van der Waals surface area contributed by atoms with Crippen molar-refractivity contribution in [3.8, 4) is 0 Å². The number of aryl methyl sites for hydroxylation is 1. The molecule has 0 saturated carbocycles.